The van der Waals surface area contributed by atoms with E-state index in [4.69, 9.17) is 5.11 Å². The molecule has 0 aliphatic heterocycles. The molecule has 0 aliphatic rings. The molecule has 2 N–H and O–H groups in total. The molecule has 0 atom stereocenters. The molecular formula is C14H15N3O2. The van der Waals surface area contributed by atoms with Crippen LogP contribution in [-0.2, 0) is 0 Å². The van der Waals surface area contributed by atoms with Gasteiger partial charge < -0.3 is 10.4 Å². The van der Waals surface area contributed by atoms with E-state index in [0.717, 1.165) is 11.3 Å². The summed E-state index contributed by atoms with van der Waals surface area (Å²) in [5, 5.41) is 11.9. The molecule has 0 bridgehead atoms. The minimum atomic E-state index is -1.03. The van der Waals surface area contributed by atoms with Gasteiger partial charge in [0.25, 0.3) is 0 Å². The van der Waals surface area contributed by atoms with Gasteiger partial charge in [0.1, 0.15) is 0 Å². The van der Waals surface area contributed by atoms with Crippen molar-refractivity contribution in [1.29, 1.82) is 0 Å². The fourth-order valence-corrected chi connectivity index (χ4v) is 1.74. The Labute approximate surface area is 111 Å². The number of anilines is 2. The summed E-state index contributed by atoms with van der Waals surface area (Å²) in [6.07, 6.45) is 2.57. The average Bonchev–Trinajstić information content (AvgIpc) is 2.39. The third-order valence-corrected chi connectivity index (χ3v) is 2.73. The monoisotopic (exact) mass is 257 g/mol. The van der Waals surface area contributed by atoms with Crippen LogP contribution in [0, 0.1) is 0 Å². The molecule has 2 rings (SSSR count). The smallest absolute Gasteiger partial charge is 0.338 e. The van der Waals surface area contributed by atoms with E-state index in [1.807, 2.05) is 24.3 Å². The van der Waals surface area contributed by atoms with E-state index in [1.54, 1.807) is 0 Å². The fraction of sp³-hybridized carbons (Fsp3) is 0.214. The van der Waals surface area contributed by atoms with Crippen LogP contribution in [0.3, 0.4) is 0 Å². The normalized spacial score (nSPS) is 10.5. The second-order valence-electron chi connectivity index (χ2n) is 4.47. The highest BCUT2D eigenvalue weighted by atomic mass is 16.4. The highest BCUT2D eigenvalue weighted by Gasteiger charge is 2.08. The fourth-order valence-electron chi connectivity index (χ4n) is 1.74. The van der Waals surface area contributed by atoms with Crippen molar-refractivity contribution < 1.29 is 9.90 Å². The van der Waals surface area contributed by atoms with Gasteiger partial charge in [0.05, 0.1) is 5.56 Å². The van der Waals surface area contributed by atoms with E-state index < -0.39 is 5.97 Å². The average molecular weight is 257 g/mol. The summed E-state index contributed by atoms with van der Waals surface area (Å²) in [6, 6.07) is 7.90. The van der Waals surface area contributed by atoms with Crippen LogP contribution >= 0.6 is 0 Å². The molecule has 0 unspecified atom stereocenters. The van der Waals surface area contributed by atoms with Crippen LogP contribution in [0.2, 0.25) is 0 Å². The zero-order chi connectivity index (χ0) is 13.8. The molecule has 2 aromatic rings. The number of carbonyl (C=O) groups is 1. The van der Waals surface area contributed by atoms with Gasteiger partial charge in [-0.25, -0.2) is 14.8 Å². The van der Waals surface area contributed by atoms with Gasteiger partial charge in [-0.05, 0) is 17.5 Å². The first-order chi connectivity index (χ1) is 9.08. The van der Waals surface area contributed by atoms with Gasteiger partial charge >= 0.3 is 5.97 Å². The van der Waals surface area contributed by atoms with Crippen molar-refractivity contribution >= 4 is 17.6 Å². The van der Waals surface area contributed by atoms with E-state index in [0.29, 0.717) is 11.9 Å². The summed E-state index contributed by atoms with van der Waals surface area (Å²) in [7, 11) is 0. The summed E-state index contributed by atoms with van der Waals surface area (Å²) in [4.78, 5) is 18.7. The van der Waals surface area contributed by atoms with Gasteiger partial charge in [0.2, 0.25) is 5.95 Å². The Balaban J connectivity index is 2.24. The van der Waals surface area contributed by atoms with Crippen LogP contribution in [0.5, 0.6) is 0 Å². The second-order valence-corrected chi connectivity index (χ2v) is 4.47. The number of nitrogens with zero attached hydrogens (tertiary/aromatic N) is 2. The number of hydrogen-bond acceptors (Lipinski definition) is 4. The third kappa shape index (κ3) is 3.07. The number of rotatable bonds is 4. The molecule has 0 saturated heterocycles. The van der Waals surface area contributed by atoms with Gasteiger partial charge in [-0.2, -0.15) is 0 Å². The summed E-state index contributed by atoms with van der Waals surface area (Å²) in [5.41, 5.74) is 2.16. The van der Waals surface area contributed by atoms with Crippen molar-refractivity contribution in [3.8, 4) is 0 Å². The molecule has 5 nitrogen and oxygen atoms in total. The van der Waals surface area contributed by atoms with E-state index in [2.05, 4.69) is 29.1 Å². The summed E-state index contributed by atoms with van der Waals surface area (Å²) in [6.45, 7) is 4.21. The number of nitrogens with one attached hydrogen (secondary N) is 1. The molecule has 1 heterocycles. The van der Waals surface area contributed by atoms with Gasteiger partial charge in [-0.1, -0.05) is 32.0 Å². The molecule has 0 amide bonds. The van der Waals surface area contributed by atoms with Gasteiger partial charge in [0.15, 0.2) is 0 Å². The molecule has 0 fully saturated rings. The highest BCUT2D eigenvalue weighted by Crippen LogP contribution is 2.25. The number of aromatic carboxylic acids is 1. The lowest BCUT2D eigenvalue weighted by atomic mass is 10.0. The van der Waals surface area contributed by atoms with Crippen molar-refractivity contribution in [2.45, 2.75) is 19.8 Å². The molecule has 0 spiro atoms. The lowest BCUT2D eigenvalue weighted by molar-refractivity contribution is 0.0696. The molecule has 5 heteroatoms. The maximum atomic E-state index is 10.7. The van der Waals surface area contributed by atoms with Crippen LogP contribution < -0.4 is 5.32 Å². The predicted molar refractivity (Wildman–Crippen MR) is 72.8 cm³/mol. The van der Waals surface area contributed by atoms with Crippen LogP contribution in [-0.4, -0.2) is 21.0 Å². The van der Waals surface area contributed by atoms with Crippen molar-refractivity contribution in [2.24, 2.45) is 0 Å². The Hall–Kier alpha value is -2.43. The number of carboxylic acid groups (broad SMARTS) is 1. The van der Waals surface area contributed by atoms with Crippen LogP contribution in [0.25, 0.3) is 0 Å². The first kappa shape index (κ1) is 13.0. The minimum absolute atomic E-state index is 0.0719. The third-order valence-electron chi connectivity index (χ3n) is 2.73. The summed E-state index contributed by atoms with van der Waals surface area (Å²) < 4.78 is 0. The standard InChI is InChI=1S/C14H15N3O2/c1-9(2)11-5-3-4-6-12(11)17-14-15-7-10(8-16-14)13(18)19/h3-9H,1-2H3,(H,18,19)(H,15,16,17). The first-order valence-corrected chi connectivity index (χ1v) is 5.99. The van der Waals surface area contributed by atoms with E-state index in [9.17, 15) is 4.79 Å². The summed E-state index contributed by atoms with van der Waals surface area (Å²) >= 11 is 0. The first-order valence-electron chi connectivity index (χ1n) is 5.99. The lowest BCUT2D eigenvalue weighted by Gasteiger charge is -2.13. The number of hydrogen-bond donors (Lipinski definition) is 2. The summed E-state index contributed by atoms with van der Waals surface area (Å²) in [5.74, 6) is -0.269. The molecule has 1 aromatic heterocycles. The maximum Gasteiger partial charge on any atom is 0.338 e. The Morgan fingerprint density at radius 2 is 1.84 bits per heavy atom. The van der Waals surface area contributed by atoms with Gasteiger partial charge in [-0.15, -0.1) is 0 Å². The quantitative estimate of drug-likeness (QED) is 0.880. The SMILES string of the molecule is CC(C)c1ccccc1Nc1ncc(C(=O)O)cn1. The predicted octanol–water partition coefficient (Wildman–Crippen LogP) is 3.04. The number of benzene rings is 1. The maximum absolute atomic E-state index is 10.7. The second kappa shape index (κ2) is 5.48. The topological polar surface area (TPSA) is 75.1 Å². The molecular weight excluding hydrogens is 242 g/mol. The Kier molecular flexibility index (Phi) is 3.75. The molecule has 0 radical (unpaired) electrons. The van der Waals surface area contributed by atoms with Crippen molar-refractivity contribution in [2.75, 3.05) is 5.32 Å². The zero-order valence-corrected chi connectivity index (χ0v) is 10.8. The minimum Gasteiger partial charge on any atom is -0.478 e. The number of carboxylic acids is 1. The molecule has 1 aromatic carbocycles. The number of aromatic nitrogens is 2. The van der Waals surface area contributed by atoms with E-state index >= 15 is 0 Å². The molecule has 19 heavy (non-hydrogen) atoms. The Morgan fingerprint density at radius 1 is 1.21 bits per heavy atom. The Morgan fingerprint density at radius 3 is 2.42 bits per heavy atom. The molecule has 98 valence electrons. The molecule has 0 aliphatic carbocycles. The van der Waals surface area contributed by atoms with Gasteiger partial charge in [0, 0.05) is 18.1 Å². The Bertz CT molecular complexity index is 579. The van der Waals surface area contributed by atoms with Crippen molar-refractivity contribution in [3.63, 3.8) is 0 Å². The van der Waals surface area contributed by atoms with Crippen LogP contribution in [0.15, 0.2) is 36.7 Å². The van der Waals surface area contributed by atoms with Crippen molar-refractivity contribution in [3.05, 3.63) is 47.8 Å². The van der Waals surface area contributed by atoms with E-state index in [1.165, 1.54) is 12.4 Å². The zero-order valence-electron chi connectivity index (χ0n) is 10.8. The van der Waals surface area contributed by atoms with Gasteiger partial charge in [-0.3, -0.25) is 0 Å². The van der Waals surface area contributed by atoms with Crippen LogP contribution in [0.1, 0.15) is 35.7 Å². The van der Waals surface area contributed by atoms with Crippen LogP contribution in [0.4, 0.5) is 11.6 Å². The molecule has 0 saturated carbocycles. The largest absolute Gasteiger partial charge is 0.478 e. The van der Waals surface area contributed by atoms with Crippen molar-refractivity contribution in [1.82, 2.24) is 9.97 Å². The highest BCUT2D eigenvalue weighted by molar-refractivity contribution is 5.86. The number of para-hydroxylation sites is 1. The lowest BCUT2D eigenvalue weighted by Crippen LogP contribution is -2.03. The van der Waals surface area contributed by atoms with E-state index in [-0.39, 0.29) is 5.56 Å².